The Kier molecular flexibility index (Phi) is 3.04. The van der Waals surface area contributed by atoms with Gasteiger partial charge < -0.3 is 10.4 Å². The molecule has 2 aromatic rings. The molecule has 1 heterocycles. The number of carboxylic acids is 1. The van der Waals surface area contributed by atoms with Gasteiger partial charge >= 0.3 is 5.97 Å². The van der Waals surface area contributed by atoms with Gasteiger partial charge in [-0.15, -0.1) is 0 Å². The van der Waals surface area contributed by atoms with Crippen molar-refractivity contribution >= 4 is 22.8 Å². The molecule has 2 atom stereocenters. The zero-order valence-corrected chi connectivity index (χ0v) is 11.3. The summed E-state index contributed by atoms with van der Waals surface area (Å²) in [6.07, 6.45) is 4.19. The molecule has 0 saturated heterocycles. The highest BCUT2D eigenvalue weighted by Crippen LogP contribution is 2.39. The van der Waals surface area contributed by atoms with E-state index in [2.05, 4.69) is 15.3 Å². The second kappa shape index (κ2) is 4.74. The van der Waals surface area contributed by atoms with Crippen molar-refractivity contribution in [3.63, 3.8) is 0 Å². The molecular weight excluding hydrogens is 254 g/mol. The molecule has 20 heavy (non-hydrogen) atoms. The Hall–Kier alpha value is -2.17. The molecule has 1 aliphatic carbocycles. The molecule has 0 radical (unpaired) electrons. The first-order valence-electron chi connectivity index (χ1n) is 6.81. The lowest BCUT2D eigenvalue weighted by Gasteiger charge is -2.27. The van der Waals surface area contributed by atoms with Crippen molar-refractivity contribution < 1.29 is 9.90 Å². The van der Waals surface area contributed by atoms with Crippen molar-refractivity contribution in [2.24, 2.45) is 5.41 Å². The number of hydrogen-bond acceptors (Lipinski definition) is 4. The van der Waals surface area contributed by atoms with Crippen molar-refractivity contribution in [1.82, 2.24) is 9.97 Å². The highest BCUT2D eigenvalue weighted by atomic mass is 16.4. The van der Waals surface area contributed by atoms with Crippen molar-refractivity contribution in [3.8, 4) is 0 Å². The summed E-state index contributed by atoms with van der Waals surface area (Å²) in [5.41, 5.74) is 0.120. The minimum absolute atomic E-state index is 0.124. The van der Waals surface area contributed by atoms with Crippen LogP contribution in [0.4, 0.5) is 5.95 Å². The van der Waals surface area contributed by atoms with Crippen molar-refractivity contribution in [2.45, 2.75) is 32.2 Å². The van der Waals surface area contributed by atoms with Crippen LogP contribution < -0.4 is 5.32 Å². The number of aliphatic carboxylic acids is 1. The maximum atomic E-state index is 11.5. The summed E-state index contributed by atoms with van der Waals surface area (Å²) in [4.78, 5) is 20.2. The number of nitrogens with zero attached hydrogens (tertiary/aromatic N) is 2. The second-order valence-corrected chi connectivity index (χ2v) is 5.56. The van der Waals surface area contributed by atoms with Crippen molar-refractivity contribution in [3.05, 3.63) is 30.5 Å². The molecule has 5 nitrogen and oxygen atoms in total. The van der Waals surface area contributed by atoms with Gasteiger partial charge in [-0.25, -0.2) is 9.97 Å². The molecule has 3 rings (SSSR count). The highest BCUT2D eigenvalue weighted by molar-refractivity contribution is 5.79. The van der Waals surface area contributed by atoms with Gasteiger partial charge in [-0.3, -0.25) is 4.79 Å². The minimum atomic E-state index is -0.756. The van der Waals surface area contributed by atoms with E-state index in [-0.39, 0.29) is 6.04 Å². The molecule has 2 N–H and O–H groups in total. The monoisotopic (exact) mass is 271 g/mol. The molecule has 1 aromatic carbocycles. The van der Waals surface area contributed by atoms with Crippen LogP contribution in [0.25, 0.3) is 10.9 Å². The lowest BCUT2D eigenvalue weighted by molar-refractivity contribution is -0.147. The van der Waals surface area contributed by atoms with Crippen LogP contribution in [0.2, 0.25) is 0 Å². The lowest BCUT2D eigenvalue weighted by atomic mass is 9.85. The molecule has 1 fully saturated rings. The van der Waals surface area contributed by atoms with Crippen molar-refractivity contribution in [1.29, 1.82) is 0 Å². The maximum Gasteiger partial charge on any atom is 0.311 e. The van der Waals surface area contributed by atoms with Gasteiger partial charge in [-0.05, 0) is 25.8 Å². The molecule has 104 valence electrons. The predicted octanol–water partition coefficient (Wildman–Crippen LogP) is 2.69. The summed E-state index contributed by atoms with van der Waals surface area (Å²) in [6.45, 7) is 1.79. The summed E-state index contributed by atoms with van der Waals surface area (Å²) in [6, 6.07) is 7.62. The fourth-order valence-electron chi connectivity index (χ4n) is 2.85. The molecule has 2 unspecified atom stereocenters. The van der Waals surface area contributed by atoms with Crippen LogP contribution in [0.15, 0.2) is 30.5 Å². The van der Waals surface area contributed by atoms with Gasteiger partial charge in [-0.2, -0.15) is 0 Å². The van der Waals surface area contributed by atoms with Crippen LogP contribution in [-0.2, 0) is 4.79 Å². The molecule has 1 saturated carbocycles. The number of aromatic nitrogens is 2. The Morgan fingerprint density at radius 1 is 1.45 bits per heavy atom. The Labute approximate surface area is 117 Å². The summed E-state index contributed by atoms with van der Waals surface area (Å²) in [5.74, 6) is -0.253. The minimum Gasteiger partial charge on any atom is -0.481 e. The van der Waals surface area contributed by atoms with Gasteiger partial charge in [0.25, 0.3) is 0 Å². The van der Waals surface area contributed by atoms with E-state index in [0.29, 0.717) is 12.4 Å². The summed E-state index contributed by atoms with van der Waals surface area (Å²) in [5, 5.41) is 13.6. The average Bonchev–Trinajstić information content (AvgIpc) is 2.81. The van der Waals surface area contributed by atoms with Gasteiger partial charge in [0.2, 0.25) is 5.95 Å². The second-order valence-electron chi connectivity index (χ2n) is 5.56. The first-order chi connectivity index (χ1) is 9.59. The third kappa shape index (κ3) is 2.09. The van der Waals surface area contributed by atoms with E-state index >= 15 is 0 Å². The van der Waals surface area contributed by atoms with E-state index in [9.17, 15) is 9.90 Å². The van der Waals surface area contributed by atoms with Crippen LogP contribution in [0.1, 0.15) is 26.2 Å². The number of anilines is 1. The number of benzene rings is 1. The zero-order valence-electron chi connectivity index (χ0n) is 11.3. The maximum absolute atomic E-state index is 11.5. The SMILES string of the molecule is CC1(C(=O)O)CCCC1Nc1ncc2ccccc2n1. The molecule has 0 bridgehead atoms. The first kappa shape index (κ1) is 12.8. The van der Waals surface area contributed by atoms with Gasteiger partial charge in [0.05, 0.1) is 10.9 Å². The topological polar surface area (TPSA) is 75.1 Å². The van der Waals surface area contributed by atoms with Crippen LogP contribution in [0.5, 0.6) is 0 Å². The summed E-state index contributed by atoms with van der Waals surface area (Å²) in [7, 11) is 0. The Balaban J connectivity index is 1.87. The summed E-state index contributed by atoms with van der Waals surface area (Å²) < 4.78 is 0. The van der Waals surface area contributed by atoms with Crippen LogP contribution >= 0.6 is 0 Å². The van der Waals surface area contributed by atoms with Crippen LogP contribution in [0, 0.1) is 5.41 Å². The molecular formula is C15H17N3O2. The average molecular weight is 271 g/mol. The number of carbonyl (C=O) groups is 1. The number of rotatable bonds is 3. The fraction of sp³-hybridized carbons (Fsp3) is 0.400. The number of fused-ring (bicyclic) bond motifs is 1. The zero-order chi connectivity index (χ0) is 14.2. The quantitative estimate of drug-likeness (QED) is 0.897. The first-order valence-corrected chi connectivity index (χ1v) is 6.81. The van der Waals surface area contributed by atoms with Crippen molar-refractivity contribution in [2.75, 3.05) is 5.32 Å². The Bertz CT molecular complexity index is 658. The van der Waals surface area contributed by atoms with Gasteiger partial charge in [-0.1, -0.05) is 24.6 Å². The number of hydrogen-bond donors (Lipinski definition) is 2. The van der Waals surface area contributed by atoms with E-state index in [0.717, 1.165) is 23.7 Å². The molecule has 0 amide bonds. The Morgan fingerprint density at radius 2 is 2.25 bits per heavy atom. The largest absolute Gasteiger partial charge is 0.481 e. The summed E-state index contributed by atoms with van der Waals surface area (Å²) >= 11 is 0. The molecule has 1 aromatic heterocycles. The highest BCUT2D eigenvalue weighted by Gasteiger charge is 2.45. The molecule has 0 spiro atoms. The standard InChI is InChI=1S/C15H17N3O2/c1-15(13(19)20)8-4-7-12(15)18-14-16-9-10-5-2-3-6-11(10)17-14/h2-3,5-6,9,12H,4,7-8H2,1H3,(H,19,20)(H,16,17,18). The van der Waals surface area contributed by atoms with Crippen LogP contribution in [0.3, 0.4) is 0 Å². The number of carboxylic acid groups (broad SMARTS) is 1. The van der Waals surface area contributed by atoms with E-state index in [1.807, 2.05) is 24.3 Å². The third-order valence-corrected chi connectivity index (χ3v) is 4.24. The third-order valence-electron chi connectivity index (χ3n) is 4.24. The fourth-order valence-corrected chi connectivity index (χ4v) is 2.85. The van der Waals surface area contributed by atoms with E-state index in [4.69, 9.17) is 0 Å². The molecule has 0 aliphatic heterocycles. The number of nitrogens with one attached hydrogen (secondary N) is 1. The van der Waals surface area contributed by atoms with Gasteiger partial charge in [0, 0.05) is 17.6 Å². The van der Waals surface area contributed by atoms with Gasteiger partial charge in [0.15, 0.2) is 0 Å². The Morgan fingerprint density at radius 3 is 3.05 bits per heavy atom. The lowest BCUT2D eigenvalue weighted by Crippen LogP contribution is -2.40. The molecule has 1 aliphatic rings. The van der Waals surface area contributed by atoms with Crippen LogP contribution in [-0.4, -0.2) is 27.1 Å². The predicted molar refractivity (Wildman–Crippen MR) is 76.5 cm³/mol. The number of para-hydroxylation sites is 1. The van der Waals surface area contributed by atoms with E-state index in [1.54, 1.807) is 13.1 Å². The van der Waals surface area contributed by atoms with E-state index in [1.165, 1.54) is 0 Å². The van der Waals surface area contributed by atoms with Gasteiger partial charge in [0.1, 0.15) is 0 Å². The smallest absolute Gasteiger partial charge is 0.311 e. The normalized spacial score (nSPS) is 25.8. The molecule has 5 heteroatoms. The van der Waals surface area contributed by atoms with E-state index < -0.39 is 11.4 Å².